The van der Waals surface area contributed by atoms with Gasteiger partial charge >= 0.3 is 0 Å². The second kappa shape index (κ2) is 7.14. The molecule has 0 spiro atoms. The van der Waals surface area contributed by atoms with Gasteiger partial charge in [-0.1, -0.05) is 32.1 Å². The van der Waals surface area contributed by atoms with Crippen LogP contribution in [0.2, 0.25) is 0 Å². The average molecular weight is 168 g/mol. The van der Waals surface area contributed by atoms with Crippen LogP contribution < -0.4 is 5.43 Å². The highest BCUT2D eigenvalue weighted by Crippen LogP contribution is 2.08. The van der Waals surface area contributed by atoms with E-state index in [1.807, 2.05) is 6.21 Å². The van der Waals surface area contributed by atoms with E-state index in [2.05, 4.69) is 10.5 Å². The third kappa shape index (κ3) is 5.16. The molecule has 1 aliphatic rings. The molecule has 2 heteroatoms. The SMILES string of the molecule is C1=NNCCCCCCCCC1. The van der Waals surface area contributed by atoms with Gasteiger partial charge in [-0.15, -0.1) is 0 Å². The van der Waals surface area contributed by atoms with Gasteiger partial charge in [0.15, 0.2) is 0 Å². The van der Waals surface area contributed by atoms with Crippen molar-refractivity contribution in [2.24, 2.45) is 5.10 Å². The molecule has 1 N–H and O–H groups in total. The van der Waals surface area contributed by atoms with Crippen LogP contribution in [0.25, 0.3) is 0 Å². The van der Waals surface area contributed by atoms with Gasteiger partial charge in [0, 0.05) is 12.8 Å². The maximum Gasteiger partial charge on any atom is 0.0329 e. The Labute approximate surface area is 75.4 Å². The van der Waals surface area contributed by atoms with Crippen molar-refractivity contribution >= 4 is 6.21 Å². The first-order chi connectivity index (χ1) is 6.00. The Kier molecular flexibility index (Phi) is 5.68. The van der Waals surface area contributed by atoms with Crippen molar-refractivity contribution in [3.63, 3.8) is 0 Å². The number of hydrogen-bond acceptors (Lipinski definition) is 2. The molecule has 0 unspecified atom stereocenters. The molecule has 0 saturated carbocycles. The lowest BCUT2D eigenvalue weighted by Gasteiger charge is -2.03. The Morgan fingerprint density at radius 2 is 1.50 bits per heavy atom. The van der Waals surface area contributed by atoms with Gasteiger partial charge in [-0.25, -0.2) is 0 Å². The van der Waals surface area contributed by atoms with E-state index >= 15 is 0 Å². The second-order valence-corrected chi connectivity index (χ2v) is 3.48. The first-order valence-corrected chi connectivity index (χ1v) is 5.24. The van der Waals surface area contributed by atoms with Crippen LogP contribution in [0, 0.1) is 0 Å². The van der Waals surface area contributed by atoms with Crippen LogP contribution in [0.1, 0.15) is 51.4 Å². The van der Waals surface area contributed by atoms with Gasteiger partial charge in [0.25, 0.3) is 0 Å². The van der Waals surface area contributed by atoms with E-state index in [0.717, 1.165) is 13.0 Å². The lowest BCUT2D eigenvalue weighted by atomic mass is 10.1. The van der Waals surface area contributed by atoms with Crippen LogP contribution in [0.4, 0.5) is 0 Å². The summed E-state index contributed by atoms with van der Waals surface area (Å²) >= 11 is 0. The van der Waals surface area contributed by atoms with Gasteiger partial charge in [0.2, 0.25) is 0 Å². The molecule has 2 nitrogen and oxygen atoms in total. The van der Waals surface area contributed by atoms with Crippen molar-refractivity contribution in [3.8, 4) is 0 Å². The third-order valence-electron chi connectivity index (χ3n) is 2.30. The van der Waals surface area contributed by atoms with Crippen molar-refractivity contribution in [1.82, 2.24) is 5.43 Å². The summed E-state index contributed by atoms with van der Waals surface area (Å²) < 4.78 is 0. The zero-order valence-corrected chi connectivity index (χ0v) is 7.89. The molecule has 1 aliphatic heterocycles. The summed E-state index contributed by atoms with van der Waals surface area (Å²) in [5, 5.41) is 4.13. The summed E-state index contributed by atoms with van der Waals surface area (Å²) in [6.07, 6.45) is 12.7. The molecule has 0 aliphatic carbocycles. The minimum Gasteiger partial charge on any atom is -0.310 e. The summed E-state index contributed by atoms with van der Waals surface area (Å²) in [5.41, 5.74) is 3.07. The molecule has 0 amide bonds. The molecule has 70 valence electrons. The highest BCUT2D eigenvalue weighted by molar-refractivity contribution is 5.56. The fourth-order valence-electron chi connectivity index (χ4n) is 1.52. The fraction of sp³-hybridized carbons (Fsp3) is 0.900. The highest BCUT2D eigenvalue weighted by atomic mass is 15.3. The first kappa shape index (κ1) is 9.56. The molecule has 0 fully saturated rings. The quantitative estimate of drug-likeness (QED) is 0.591. The summed E-state index contributed by atoms with van der Waals surface area (Å²) in [6.45, 7) is 1.05. The number of nitrogens with one attached hydrogen (secondary N) is 1. The Morgan fingerprint density at radius 1 is 0.833 bits per heavy atom. The smallest absolute Gasteiger partial charge is 0.0329 e. The summed E-state index contributed by atoms with van der Waals surface area (Å²) in [6, 6.07) is 0. The van der Waals surface area contributed by atoms with E-state index in [9.17, 15) is 0 Å². The molecule has 0 aromatic carbocycles. The largest absolute Gasteiger partial charge is 0.310 e. The van der Waals surface area contributed by atoms with E-state index in [4.69, 9.17) is 0 Å². The number of rotatable bonds is 0. The van der Waals surface area contributed by atoms with E-state index in [1.165, 1.54) is 44.9 Å². The zero-order chi connectivity index (χ0) is 8.49. The Balaban J connectivity index is 2.10. The molecular formula is C10H20N2. The molecular weight excluding hydrogens is 148 g/mol. The molecule has 0 saturated heterocycles. The van der Waals surface area contributed by atoms with Crippen LogP contribution in [0.5, 0.6) is 0 Å². The van der Waals surface area contributed by atoms with Crippen LogP contribution in [0.15, 0.2) is 5.10 Å². The van der Waals surface area contributed by atoms with Crippen molar-refractivity contribution < 1.29 is 0 Å². The van der Waals surface area contributed by atoms with Gasteiger partial charge in [0.05, 0.1) is 0 Å². The molecule has 0 aromatic heterocycles. The number of nitrogens with zero attached hydrogens (tertiary/aromatic N) is 1. The predicted molar refractivity (Wildman–Crippen MR) is 53.4 cm³/mol. The Hall–Kier alpha value is -0.530. The highest BCUT2D eigenvalue weighted by Gasteiger charge is 1.92. The second-order valence-electron chi connectivity index (χ2n) is 3.48. The maximum atomic E-state index is 4.13. The van der Waals surface area contributed by atoms with Crippen LogP contribution in [-0.2, 0) is 0 Å². The number of hydrazone groups is 1. The number of hydrogen-bond donors (Lipinski definition) is 1. The van der Waals surface area contributed by atoms with Crippen LogP contribution in [0.3, 0.4) is 0 Å². The van der Waals surface area contributed by atoms with Crippen LogP contribution >= 0.6 is 0 Å². The predicted octanol–water partition coefficient (Wildman–Crippen LogP) is 2.70. The minimum absolute atomic E-state index is 1.05. The van der Waals surface area contributed by atoms with Crippen molar-refractivity contribution in [3.05, 3.63) is 0 Å². The average Bonchev–Trinajstić information content (AvgIpc) is 2.05. The monoisotopic (exact) mass is 168 g/mol. The third-order valence-corrected chi connectivity index (χ3v) is 2.30. The van der Waals surface area contributed by atoms with E-state index < -0.39 is 0 Å². The molecule has 12 heavy (non-hydrogen) atoms. The van der Waals surface area contributed by atoms with Crippen molar-refractivity contribution in [2.45, 2.75) is 51.4 Å². The summed E-state index contributed by atoms with van der Waals surface area (Å²) in [7, 11) is 0. The van der Waals surface area contributed by atoms with Gasteiger partial charge in [-0.2, -0.15) is 5.10 Å². The molecule has 1 heterocycles. The molecule has 1 rings (SSSR count). The maximum absolute atomic E-state index is 4.13. The first-order valence-electron chi connectivity index (χ1n) is 5.24. The zero-order valence-electron chi connectivity index (χ0n) is 7.89. The standard InChI is InChI=1S/C10H20N2/c1-2-4-6-8-10-12-11-9-7-5-3-1/h9,12H,1-8,10H2. The van der Waals surface area contributed by atoms with E-state index in [0.29, 0.717) is 0 Å². The summed E-state index contributed by atoms with van der Waals surface area (Å²) in [4.78, 5) is 0. The van der Waals surface area contributed by atoms with E-state index in [1.54, 1.807) is 0 Å². The van der Waals surface area contributed by atoms with Crippen LogP contribution in [-0.4, -0.2) is 12.8 Å². The lowest BCUT2D eigenvalue weighted by Crippen LogP contribution is -2.07. The van der Waals surface area contributed by atoms with Gasteiger partial charge in [-0.3, -0.25) is 0 Å². The topological polar surface area (TPSA) is 24.4 Å². The molecule has 0 aromatic rings. The Bertz CT molecular complexity index is 107. The van der Waals surface area contributed by atoms with Crippen molar-refractivity contribution in [2.75, 3.05) is 6.54 Å². The van der Waals surface area contributed by atoms with Gasteiger partial charge < -0.3 is 5.43 Å². The van der Waals surface area contributed by atoms with E-state index in [-0.39, 0.29) is 0 Å². The molecule has 0 bridgehead atoms. The lowest BCUT2D eigenvalue weighted by molar-refractivity contribution is 0.561. The van der Waals surface area contributed by atoms with Gasteiger partial charge in [0.1, 0.15) is 0 Å². The summed E-state index contributed by atoms with van der Waals surface area (Å²) in [5.74, 6) is 0. The Morgan fingerprint density at radius 3 is 2.33 bits per heavy atom. The van der Waals surface area contributed by atoms with Crippen molar-refractivity contribution in [1.29, 1.82) is 0 Å². The fourth-order valence-corrected chi connectivity index (χ4v) is 1.52. The van der Waals surface area contributed by atoms with Gasteiger partial charge in [-0.05, 0) is 19.3 Å². The molecule has 0 atom stereocenters. The minimum atomic E-state index is 1.05. The normalized spacial score (nSPS) is 22.0. The molecule has 0 radical (unpaired) electrons.